The molecule has 0 saturated heterocycles. The molecule has 1 aromatic heterocycles. The predicted molar refractivity (Wildman–Crippen MR) is 103 cm³/mol. The second-order valence-corrected chi connectivity index (χ2v) is 6.83. The van der Waals surface area contributed by atoms with Gasteiger partial charge in [-0.1, -0.05) is 32.9 Å². The largest absolute Gasteiger partial charge is 0.497 e. The molecule has 0 aliphatic carbocycles. The van der Waals surface area contributed by atoms with Gasteiger partial charge in [0.25, 0.3) is 0 Å². The maximum Gasteiger partial charge on any atom is 0.317 e. The number of hydrogen-bond acceptors (Lipinski definition) is 3. The van der Waals surface area contributed by atoms with E-state index in [2.05, 4.69) is 35.6 Å². The van der Waals surface area contributed by atoms with Gasteiger partial charge in [-0.2, -0.15) is 0 Å². The molecule has 2 aromatic rings. The third kappa shape index (κ3) is 5.79. The van der Waals surface area contributed by atoms with Crippen molar-refractivity contribution in [2.24, 2.45) is 5.92 Å². The van der Waals surface area contributed by atoms with Gasteiger partial charge in [0.05, 0.1) is 13.7 Å². The van der Waals surface area contributed by atoms with E-state index in [0.29, 0.717) is 32.1 Å². The summed E-state index contributed by atoms with van der Waals surface area (Å²) >= 11 is 0. The standard InChI is InChI=1S/C20H30N4O2/c1-5-10-22-20(25)24(13-16(2)3)15-19-21-11-12-23(19)14-17-6-8-18(26-4)9-7-17/h6-9,11-12,16H,5,10,13-15H2,1-4H3,(H,22,25). The molecule has 2 rings (SSSR count). The van der Waals surface area contributed by atoms with Crippen LogP contribution in [0.4, 0.5) is 4.79 Å². The van der Waals surface area contributed by atoms with E-state index in [1.54, 1.807) is 13.3 Å². The SMILES string of the molecule is CCCNC(=O)N(Cc1nccn1Cc1ccc(OC)cc1)CC(C)C. The molecular formula is C20H30N4O2. The number of aromatic nitrogens is 2. The zero-order chi connectivity index (χ0) is 18.9. The number of imidazole rings is 1. The quantitative estimate of drug-likeness (QED) is 0.746. The fraction of sp³-hybridized carbons (Fsp3) is 0.500. The first-order valence-corrected chi connectivity index (χ1v) is 9.19. The number of nitrogens with one attached hydrogen (secondary N) is 1. The summed E-state index contributed by atoms with van der Waals surface area (Å²) in [6.07, 6.45) is 4.67. The minimum atomic E-state index is -0.0282. The number of carbonyl (C=O) groups excluding carboxylic acids is 1. The number of carbonyl (C=O) groups is 1. The zero-order valence-corrected chi connectivity index (χ0v) is 16.2. The molecule has 0 bridgehead atoms. The highest BCUT2D eigenvalue weighted by atomic mass is 16.5. The highest BCUT2D eigenvalue weighted by molar-refractivity contribution is 5.74. The van der Waals surface area contributed by atoms with Crippen LogP contribution >= 0.6 is 0 Å². The molecule has 0 aliphatic heterocycles. The summed E-state index contributed by atoms with van der Waals surface area (Å²) in [5, 5.41) is 2.97. The molecule has 0 unspecified atom stereocenters. The number of methoxy groups -OCH3 is 1. The smallest absolute Gasteiger partial charge is 0.317 e. The van der Waals surface area contributed by atoms with E-state index < -0.39 is 0 Å². The van der Waals surface area contributed by atoms with E-state index in [1.165, 1.54) is 0 Å². The molecule has 1 N–H and O–H groups in total. The summed E-state index contributed by atoms with van der Waals surface area (Å²) in [6, 6.07) is 7.97. The lowest BCUT2D eigenvalue weighted by molar-refractivity contribution is 0.185. The molecule has 6 nitrogen and oxygen atoms in total. The number of urea groups is 1. The third-order valence-electron chi connectivity index (χ3n) is 4.04. The summed E-state index contributed by atoms with van der Waals surface area (Å²) in [7, 11) is 1.66. The maximum atomic E-state index is 12.5. The lowest BCUT2D eigenvalue weighted by Gasteiger charge is -2.25. The summed E-state index contributed by atoms with van der Waals surface area (Å²) < 4.78 is 7.29. The van der Waals surface area contributed by atoms with E-state index in [9.17, 15) is 4.79 Å². The van der Waals surface area contributed by atoms with Crippen LogP contribution in [0.3, 0.4) is 0 Å². The van der Waals surface area contributed by atoms with Crippen molar-refractivity contribution < 1.29 is 9.53 Å². The molecule has 2 amide bonds. The summed E-state index contributed by atoms with van der Waals surface area (Å²) in [4.78, 5) is 18.8. The molecule has 142 valence electrons. The Morgan fingerprint density at radius 2 is 2.04 bits per heavy atom. The van der Waals surface area contributed by atoms with Gasteiger partial charge in [-0.05, 0) is 30.0 Å². The zero-order valence-electron chi connectivity index (χ0n) is 16.2. The third-order valence-corrected chi connectivity index (χ3v) is 4.04. The van der Waals surface area contributed by atoms with Gasteiger partial charge < -0.3 is 19.5 Å². The first-order chi connectivity index (χ1) is 12.5. The maximum absolute atomic E-state index is 12.5. The van der Waals surface area contributed by atoms with Gasteiger partial charge in [-0.15, -0.1) is 0 Å². The van der Waals surface area contributed by atoms with E-state index in [4.69, 9.17) is 4.74 Å². The Kier molecular flexibility index (Phi) is 7.51. The monoisotopic (exact) mass is 358 g/mol. The molecule has 26 heavy (non-hydrogen) atoms. The number of nitrogens with zero attached hydrogens (tertiary/aromatic N) is 3. The van der Waals surface area contributed by atoms with Gasteiger partial charge in [-0.3, -0.25) is 0 Å². The van der Waals surface area contributed by atoms with Gasteiger partial charge in [-0.25, -0.2) is 9.78 Å². The lowest BCUT2D eigenvalue weighted by atomic mass is 10.2. The van der Waals surface area contributed by atoms with Crippen molar-refractivity contribution in [3.05, 3.63) is 48.0 Å². The Morgan fingerprint density at radius 3 is 2.65 bits per heavy atom. The predicted octanol–water partition coefficient (Wildman–Crippen LogP) is 3.52. The number of amides is 2. The Balaban J connectivity index is 2.09. The van der Waals surface area contributed by atoms with Crippen LogP contribution in [0.25, 0.3) is 0 Å². The second-order valence-electron chi connectivity index (χ2n) is 6.83. The first-order valence-electron chi connectivity index (χ1n) is 9.19. The average molecular weight is 358 g/mol. The second kappa shape index (κ2) is 9.85. The Hall–Kier alpha value is -2.50. The Labute approximate surface area is 156 Å². The molecule has 0 radical (unpaired) electrons. The highest BCUT2D eigenvalue weighted by Crippen LogP contribution is 2.14. The van der Waals surface area contributed by atoms with Crippen molar-refractivity contribution >= 4 is 6.03 Å². The molecule has 0 saturated carbocycles. The van der Waals surface area contributed by atoms with Gasteiger partial charge >= 0.3 is 6.03 Å². The fourth-order valence-electron chi connectivity index (χ4n) is 2.74. The first kappa shape index (κ1) is 19.8. The fourth-order valence-corrected chi connectivity index (χ4v) is 2.74. The molecular weight excluding hydrogens is 328 g/mol. The Morgan fingerprint density at radius 1 is 1.31 bits per heavy atom. The van der Waals surface area contributed by atoms with Crippen molar-refractivity contribution in [1.29, 1.82) is 0 Å². The van der Waals surface area contributed by atoms with Gasteiger partial charge in [0, 0.05) is 32.0 Å². The van der Waals surface area contributed by atoms with E-state index in [0.717, 1.165) is 23.6 Å². The number of ether oxygens (including phenoxy) is 1. The summed E-state index contributed by atoms with van der Waals surface area (Å²) in [5.74, 6) is 2.12. The van der Waals surface area contributed by atoms with Crippen LogP contribution < -0.4 is 10.1 Å². The van der Waals surface area contributed by atoms with Crippen molar-refractivity contribution in [1.82, 2.24) is 19.8 Å². The van der Waals surface area contributed by atoms with Crippen LogP contribution in [-0.4, -0.2) is 40.7 Å². The normalized spacial score (nSPS) is 10.8. The van der Waals surface area contributed by atoms with Gasteiger partial charge in [0.2, 0.25) is 0 Å². The average Bonchev–Trinajstić information content (AvgIpc) is 3.06. The summed E-state index contributed by atoms with van der Waals surface area (Å²) in [6.45, 7) is 8.88. The number of hydrogen-bond donors (Lipinski definition) is 1. The van der Waals surface area contributed by atoms with Crippen molar-refractivity contribution in [3.63, 3.8) is 0 Å². The number of benzene rings is 1. The highest BCUT2D eigenvalue weighted by Gasteiger charge is 2.17. The molecule has 1 aromatic carbocycles. The van der Waals surface area contributed by atoms with Crippen LogP contribution in [0.1, 0.15) is 38.6 Å². The van der Waals surface area contributed by atoms with Crippen LogP contribution in [0.2, 0.25) is 0 Å². The van der Waals surface area contributed by atoms with E-state index >= 15 is 0 Å². The van der Waals surface area contributed by atoms with Crippen molar-refractivity contribution in [2.75, 3.05) is 20.2 Å². The summed E-state index contributed by atoms with van der Waals surface area (Å²) in [5.41, 5.74) is 1.16. The number of rotatable bonds is 9. The topological polar surface area (TPSA) is 59.4 Å². The van der Waals surface area contributed by atoms with E-state index in [1.807, 2.05) is 35.4 Å². The van der Waals surface area contributed by atoms with Gasteiger partial charge in [0.1, 0.15) is 11.6 Å². The van der Waals surface area contributed by atoms with Crippen molar-refractivity contribution in [2.45, 2.75) is 40.3 Å². The van der Waals surface area contributed by atoms with Crippen LogP contribution in [0, 0.1) is 5.92 Å². The molecule has 0 fully saturated rings. The molecule has 0 atom stereocenters. The molecule has 0 spiro atoms. The molecule has 1 heterocycles. The Bertz CT molecular complexity index is 679. The minimum Gasteiger partial charge on any atom is -0.497 e. The van der Waals surface area contributed by atoms with E-state index in [-0.39, 0.29) is 6.03 Å². The van der Waals surface area contributed by atoms with Crippen molar-refractivity contribution in [3.8, 4) is 5.75 Å². The molecule has 0 aliphatic rings. The molecule has 6 heteroatoms. The van der Waals surface area contributed by atoms with Gasteiger partial charge in [0.15, 0.2) is 0 Å². The van der Waals surface area contributed by atoms with Crippen LogP contribution in [0.15, 0.2) is 36.7 Å². The minimum absolute atomic E-state index is 0.0282. The van der Waals surface area contributed by atoms with Crippen LogP contribution in [0.5, 0.6) is 5.75 Å². The lowest BCUT2D eigenvalue weighted by Crippen LogP contribution is -2.42. The van der Waals surface area contributed by atoms with Crippen LogP contribution in [-0.2, 0) is 13.1 Å².